The molecule has 4 rings (SSSR count). The minimum Gasteiger partial charge on any atom is -0.484 e. The van der Waals surface area contributed by atoms with Crippen LogP contribution in [0.5, 0.6) is 5.75 Å². The fourth-order valence-corrected chi connectivity index (χ4v) is 3.85. The van der Waals surface area contributed by atoms with Crippen molar-refractivity contribution in [2.24, 2.45) is 5.73 Å². The topological polar surface area (TPSA) is 131 Å². The molecule has 36 heavy (non-hydrogen) atoms. The molecule has 3 aromatic rings. The molecule has 1 saturated heterocycles. The van der Waals surface area contributed by atoms with Crippen molar-refractivity contribution in [2.75, 3.05) is 43.0 Å². The molecule has 0 saturated carbocycles. The summed E-state index contributed by atoms with van der Waals surface area (Å²) in [6, 6.07) is 15.8. The Bertz CT molecular complexity index is 1180. The van der Waals surface area contributed by atoms with Crippen LogP contribution in [0, 0.1) is 0 Å². The lowest BCUT2D eigenvalue weighted by atomic mass is 10.1. The second-order valence-electron chi connectivity index (χ2n) is 8.41. The van der Waals surface area contributed by atoms with Gasteiger partial charge in [-0.05, 0) is 41.5 Å². The summed E-state index contributed by atoms with van der Waals surface area (Å²) in [6.07, 6.45) is 3.88. The number of nitrogens with two attached hydrogens (primary N) is 1. The van der Waals surface area contributed by atoms with Crippen molar-refractivity contribution >= 4 is 29.4 Å². The molecule has 3 amide bonds. The van der Waals surface area contributed by atoms with E-state index in [1.54, 1.807) is 54.9 Å². The third-order valence-electron chi connectivity index (χ3n) is 5.73. The van der Waals surface area contributed by atoms with E-state index in [9.17, 15) is 14.4 Å². The molecule has 1 aliphatic rings. The Labute approximate surface area is 209 Å². The first kappa shape index (κ1) is 24.6. The highest BCUT2D eigenvalue weighted by Gasteiger charge is 2.22. The molecule has 10 heteroatoms. The van der Waals surface area contributed by atoms with E-state index in [0.29, 0.717) is 50.0 Å². The Morgan fingerprint density at radius 3 is 2.11 bits per heavy atom. The number of piperazine rings is 1. The second kappa shape index (κ2) is 11.8. The molecule has 10 nitrogen and oxygen atoms in total. The third-order valence-corrected chi connectivity index (χ3v) is 5.73. The standard InChI is InChI=1S/C26H28N6O4/c27-23(33)16-19-4-8-22(9-5-19)36-18-24(34)30-21-6-2-20(3-7-21)17-25(35)31-12-14-32(15-13-31)26-28-10-1-11-29-26/h1-11H,12-18H2,(H2,27,33)(H,30,34). The van der Waals surface area contributed by atoms with Crippen LogP contribution in [0.15, 0.2) is 67.0 Å². The average Bonchev–Trinajstić information content (AvgIpc) is 2.90. The van der Waals surface area contributed by atoms with Gasteiger partial charge in [0.25, 0.3) is 5.91 Å². The second-order valence-corrected chi connectivity index (χ2v) is 8.41. The van der Waals surface area contributed by atoms with E-state index in [1.165, 1.54) is 0 Å². The van der Waals surface area contributed by atoms with Crippen LogP contribution >= 0.6 is 0 Å². The molecule has 2 aromatic carbocycles. The van der Waals surface area contributed by atoms with Gasteiger partial charge < -0.3 is 25.6 Å². The minimum atomic E-state index is -0.407. The SMILES string of the molecule is NC(=O)Cc1ccc(OCC(=O)Nc2ccc(CC(=O)N3CCN(c4ncccn4)CC3)cc2)cc1. The molecule has 1 fully saturated rings. The first-order chi connectivity index (χ1) is 17.5. The van der Waals surface area contributed by atoms with Crippen molar-refractivity contribution in [1.82, 2.24) is 14.9 Å². The number of amides is 3. The zero-order valence-corrected chi connectivity index (χ0v) is 19.8. The predicted molar refractivity (Wildman–Crippen MR) is 134 cm³/mol. The summed E-state index contributed by atoms with van der Waals surface area (Å²) in [7, 11) is 0. The Morgan fingerprint density at radius 1 is 0.861 bits per heavy atom. The van der Waals surface area contributed by atoms with Gasteiger partial charge in [-0.1, -0.05) is 24.3 Å². The van der Waals surface area contributed by atoms with E-state index in [2.05, 4.69) is 20.2 Å². The van der Waals surface area contributed by atoms with Crippen LogP contribution in [0.25, 0.3) is 0 Å². The zero-order valence-electron chi connectivity index (χ0n) is 19.8. The van der Waals surface area contributed by atoms with E-state index in [4.69, 9.17) is 10.5 Å². The molecule has 0 bridgehead atoms. The van der Waals surface area contributed by atoms with Crippen LogP contribution in [0.4, 0.5) is 11.6 Å². The number of benzene rings is 2. The van der Waals surface area contributed by atoms with E-state index < -0.39 is 5.91 Å². The molecule has 0 radical (unpaired) electrons. The number of nitrogens with one attached hydrogen (secondary N) is 1. The smallest absolute Gasteiger partial charge is 0.262 e. The summed E-state index contributed by atoms with van der Waals surface area (Å²) in [5.74, 6) is 0.557. The van der Waals surface area contributed by atoms with Crippen molar-refractivity contribution in [3.8, 4) is 5.75 Å². The number of aromatic nitrogens is 2. The lowest BCUT2D eigenvalue weighted by molar-refractivity contribution is -0.130. The number of carbonyl (C=O) groups excluding carboxylic acids is 3. The molecule has 2 heterocycles. The Kier molecular flexibility index (Phi) is 8.07. The number of ether oxygens (including phenoxy) is 1. The summed E-state index contributed by atoms with van der Waals surface area (Å²) < 4.78 is 5.49. The van der Waals surface area contributed by atoms with E-state index in [0.717, 1.165) is 11.1 Å². The lowest BCUT2D eigenvalue weighted by Gasteiger charge is -2.34. The molecule has 1 aliphatic heterocycles. The normalized spacial score (nSPS) is 13.2. The van der Waals surface area contributed by atoms with E-state index in [-0.39, 0.29) is 24.8 Å². The molecular formula is C26H28N6O4. The van der Waals surface area contributed by atoms with E-state index in [1.807, 2.05) is 17.0 Å². The highest BCUT2D eigenvalue weighted by Crippen LogP contribution is 2.15. The van der Waals surface area contributed by atoms with Gasteiger partial charge in [-0.25, -0.2) is 9.97 Å². The zero-order chi connectivity index (χ0) is 25.3. The average molecular weight is 489 g/mol. The molecule has 3 N–H and O–H groups in total. The van der Waals surface area contributed by atoms with Gasteiger partial charge in [0.2, 0.25) is 17.8 Å². The van der Waals surface area contributed by atoms with Gasteiger partial charge in [0.05, 0.1) is 12.8 Å². The van der Waals surface area contributed by atoms with Gasteiger partial charge in [-0.3, -0.25) is 14.4 Å². The minimum absolute atomic E-state index is 0.0654. The Hall–Kier alpha value is -4.47. The number of hydrogen-bond donors (Lipinski definition) is 2. The maximum Gasteiger partial charge on any atom is 0.262 e. The molecular weight excluding hydrogens is 460 g/mol. The fourth-order valence-electron chi connectivity index (χ4n) is 3.85. The van der Waals surface area contributed by atoms with Gasteiger partial charge in [0.15, 0.2) is 6.61 Å². The Morgan fingerprint density at radius 2 is 1.47 bits per heavy atom. The number of rotatable bonds is 9. The van der Waals surface area contributed by atoms with Gasteiger partial charge in [0, 0.05) is 44.3 Å². The largest absolute Gasteiger partial charge is 0.484 e. The first-order valence-corrected chi connectivity index (χ1v) is 11.6. The molecule has 1 aromatic heterocycles. The number of primary amides is 1. The summed E-state index contributed by atoms with van der Waals surface area (Å²) in [5, 5.41) is 2.78. The van der Waals surface area contributed by atoms with Crippen LogP contribution in [0.1, 0.15) is 11.1 Å². The fraction of sp³-hybridized carbons (Fsp3) is 0.269. The molecule has 0 spiro atoms. The van der Waals surface area contributed by atoms with Gasteiger partial charge in [0.1, 0.15) is 5.75 Å². The Balaban J connectivity index is 1.20. The summed E-state index contributed by atoms with van der Waals surface area (Å²) in [6.45, 7) is 2.48. The van der Waals surface area contributed by atoms with Crippen molar-refractivity contribution in [3.05, 3.63) is 78.1 Å². The number of anilines is 2. The number of hydrogen-bond acceptors (Lipinski definition) is 7. The van der Waals surface area contributed by atoms with Gasteiger partial charge in [-0.2, -0.15) is 0 Å². The van der Waals surface area contributed by atoms with Crippen molar-refractivity contribution < 1.29 is 19.1 Å². The molecule has 186 valence electrons. The summed E-state index contributed by atoms with van der Waals surface area (Å²) >= 11 is 0. The van der Waals surface area contributed by atoms with Crippen LogP contribution < -0.4 is 20.7 Å². The van der Waals surface area contributed by atoms with Crippen molar-refractivity contribution in [2.45, 2.75) is 12.8 Å². The molecule has 0 unspecified atom stereocenters. The highest BCUT2D eigenvalue weighted by atomic mass is 16.5. The molecule has 0 aliphatic carbocycles. The lowest BCUT2D eigenvalue weighted by Crippen LogP contribution is -2.49. The monoisotopic (exact) mass is 488 g/mol. The highest BCUT2D eigenvalue weighted by molar-refractivity contribution is 5.92. The van der Waals surface area contributed by atoms with Crippen LogP contribution in [-0.4, -0.2) is 65.4 Å². The number of nitrogens with zero attached hydrogens (tertiary/aromatic N) is 4. The maximum absolute atomic E-state index is 12.7. The van der Waals surface area contributed by atoms with Gasteiger partial charge >= 0.3 is 0 Å². The summed E-state index contributed by atoms with van der Waals surface area (Å²) in [5.41, 5.74) is 7.45. The molecule has 0 atom stereocenters. The van der Waals surface area contributed by atoms with E-state index >= 15 is 0 Å². The van der Waals surface area contributed by atoms with Crippen LogP contribution in [-0.2, 0) is 27.2 Å². The first-order valence-electron chi connectivity index (χ1n) is 11.6. The van der Waals surface area contributed by atoms with Crippen LogP contribution in [0.2, 0.25) is 0 Å². The number of carbonyl (C=O) groups is 3. The maximum atomic E-state index is 12.7. The predicted octanol–water partition coefficient (Wildman–Crippen LogP) is 1.41. The third kappa shape index (κ3) is 7.02. The van der Waals surface area contributed by atoms with Crippen molar-refractivity contribution in [1.29, 1.82) is 0 Å². The van der Waals surface area contributed by atoms with Crippen molar-refractivity contribution in [3.63, 3.8) is 0 Å². The van der Waals surface area contributed by atoms with Crippen LogP contribution in [0.3, 0.4) is 0 Å². The van der Waals surface area contributed by atoms with Gasteiger partial charge in [-0.15, -0.1) is 0 Å². The quantitative estimate of drug-likeness (QED) is 0.466. The summed E-state index contributed by atoms with van der Waals surface area (Å²) in [4.78, 5) is 48.4.